The van der Waals surface area contributed by atoms with E-state index in [9.17, 15) is 0 Å². The van der Waals surface area contributed by atoms with Crippen molar-refractivity contribution in [2.24, 2.45) is 9.98 Å². The van der Waals surface area contributed by atoms with Crippen LogP contribution in [0.4, 0.5) is 5.69 Å². The molecule has 2 N–H and O–H groups in total. The van der Waals surface area contributed by atoms with E-state index in [2.05, 4.69) is 70.2 Å². The third-order valence-corrected chi connectivity index (χ3v) is 4.35. The smallest absolute Gasteiger partial charge is 0.125 e. The molecule has 172 valence electrons. The Kier molecular flexibility index (Phi) is 19.8. The van der Waals surface area contributed by atoms with Gasteiger partial charge in [0.1, 0.15) is 11.6 Å². The molecule has 0 aliphatic heterocycles. The van der Waals surface area contributed by atoms with Gasteiger partial charge in [-0.25, -0.2) is 4.98 Å². The minimum atomic E-state index is 0.653. The summed E-state index contributed by atoms with van der Waals surface area (Å²) in [4.78, 5) is 24.8. The number of allylic oxidation sites excluding steroid dienone is 1. The van der Waals surface area contributed by atoms with Crippen molar-refractivity contribution >= 4 is 46.7 Å². The number of anilines is 1. The molecule has 7 nitrogen and oxygen atoms in total. The van der Waals surface area contributed by atoms with Gasteiger partial charge in [-0.05, 0) is 32.1 Å². The monoisotopic (exact) mass is 446 g/mol. The van der Waals surface area contributed by atoms with Crippen molar-refractivity contribution in [1.29, 1.82) is 0 Å². The van der Waals surface area contributed by atoms with Gasteiger partial charge < -0.3 is 20.3 Å². The fraction of sp³-hybridized carbons (Fsp3) is 0.391. The number of carbonyl (C=O) groups excluding carboxylic acids is 1. The third-order valence-electron chi connectivity index (χ3n) is 3.39. The quantitative estimate of drug-likeness (QED) is 0.271. The van der Waals surface area contributed by atoms with Crippen molar-refractivity contribution in [3.63, 3.8) is 0 Å². The van der Waals surface area contributed by atoms with Crippen LogP contribution in [0, 0.1) is 6.92 Å². The summed E-state index contributed by atoms with van der Waals surface area (Å²) < 4.78 is 0. The highest BCUT2D eigenvalue weighted by Crippen LogP contribution is 2.30. The van der Waals surface area contributed by atoms with Gasteiger partial charge in [0.05, 0.1) is 19.2 Å². The average Bonchev–Trinajstić information content (AvgIpc) is 3.18. The van der Waals surface area contributed by atoms with E-state index >= 15 is 0 Å². The van der Waals surface area contributed by atoms with Gasteiger partial charge in [0, 0.05) is 55.5 Å². The minimum absolute atomic E-state index is 0.653. The van der Waals surface area contributed by atoms with Crippen LogP contribution < -0.4 is 15.5 Å². The average molecular weight is 447 g/mol. The highest BCUT2D eigenvalue weighted by molar-refractivity contribution is 7.18. The van der Waals surface area contributed by atoms with E-state index in [0.29, 0.717) is 6.54 Å². The standard InChI is InChI=1S/C10H18N4.C10H12N2S.C2H6.CH2O/c1-4-6-12-9-13-7-5-10(2)14-8-11-3;1-7-6-8-9(12(2)3)4-5-11-10(8)13-7;2*1-2/h4-5,8-9H,1,6-7H2,2-3H3,(H,11,14)(H,12,13);4-6H,1-3H3;1-2H3;1H2/b10-5+;;;. The van der Waals surface area contributed by atoms with Crippen molar-refractivity contribution in [2.45, 2.75) is 27.7 Å². The Morgan fingerprint density at radius 3 is 2.55 bits per heavy atom. The van der Waals surface area contributed by atoms with Gasteiger partial charge in [0.15, 0.2) is 0 Å². The number of hydrogen-bond acceptors (Lipinski definition) is 6. The zero-order valence-electron chi connectivity index (χ0n) is 20.0. The normalized spacial score (nSPS) is 10.4. The Morgan fingerprint density at radius 1 is 1.29 bits per heavy atom. The van der Waals surface area contributed by atoms with E-state index in [4.69, 9.17) is 4.79 Å². The molecule has 0 saturated carbocycles. The van der Waals surface area contributed by atoms with Crippen LogP contribution in [-0.2, 0) is 4.79 Å². The lowest BCUT2D eigenvalue weighted by atomic mass is 10.2. The van der Waals surface area contributed by atoms with Crippen LogP contribution in [0.25, 0.3) is 10.2 Å². The predicted octanol–water partition coefficient (Wildman–Crippen LogP) is 4.45. The first-order valence-corrected chi connectivity index (χ1v) is 10.8. The van der Waals surface area contributed by atoms with Crippen LogP contribution in [-0.4, -0.2) is 58.7 Å². The summed E-state index contributed by atoms with van der Waals surface area (Å²) in [6.07, 6.45) is 8.96. The molecule has 0 atom stereocenters. The number of carbonyl (C=O) groups is 1. The maximum absolute atomic E-state index is 8.00. The van der Waals surface area contributed by atoms with E-state index in [0.717, 1.165) is 17.1 Å². The third kappa shape index (κ3) is 13.8. The minimum Gasteiger partial charge on any atom is -0.377 e. The fourth-order valence-corrected chi connectivity index (χ4v) is 2.97. The second kappa shape index (κ2) is 20.3. The molecule has 2 rings (SSSR count). The number of rotatable bonds is 8. The fourth-order valence-electron chi connectivity index (χ4n) is 2.10. The zero-order chi connectivity index (χ0) is 24.1. The maximum atomic E-state index is 8.00. The van der Waals surface area contributed by atoms with Gasteiger partial charge in [-0.3, -0.25) is 9.98 Å². The second-order valence-corrected chi connectivity index (χ2v) is 7.15. The molecule has 0 saturated heterocycles. The van der Waals surface area contributed by atoms with E-state index < -0.39 is 0 Å². The summed E-state index contributed by atoms with van der Waals surface area (Å²) in [6.45, 7) is 15.1. The van der Waals surface area contributed by atoms with Crippen molar-refractivity contribution < 1.29 is 4.79 Å². The summed E-state index contributed by atoms with van der Waals surface area (Å²) in [5, 5.41) is 7.22. The van der Waals surface area contributed by atoms with Gasteiger partial charge in [-0.15, -0.1) is 17.9 Å². The molecule has 0 aliphatic rings. The number of pyridine rings is 1. The highest BCUT2D eigenvalue weighted by Gasteiger charge is 2.05. The first-order valence-electron chi connectivity index (χ1n) is 9.97. The Balaban J connectivity index is 0. The van der Waals surface area contributed by atoms with E-state index in [1.807, 2.05) is 39.8 Å². The summed E-state index contributed by atoms with van der Waals surface area (Å²) in [7, 11) is 5.83. The van der Waals surface area contributed by atoms with Gasteiger partial charge >= 0.3 is 0 Å². The SMILES string of the molecule is C=CCNC=NC/C=C(\C)NC=NC.C=O.CC.Cc1cc2c(N(C)C)ccnc2s1. The van der Waals surface area contributed by atoms with E-state index in [1.54, 1.807) is 37.1 Å². The first kappa shape index (κ1) is 30.2. The Labute approximate surface area is 191 Å². The number of hydrogen-bond donors (Lipinski definition) is 2. The van der Waals surface area contributed by atoms with Gasteiger partial charge in [-0.1, -0.05) is 19.9 Å². The zero-order valence-corrected chi connectivity index (χ0v) is 20.8. The molecule has 31 heavy (non-hydrogen) atoms. The Morgan fingerprint density at radius 2 is 1.97 bits per heavy atom. The van der Waals surface area contributed by atoms with Crippen molar-refractivity contribution in [3.05, 3.63) is 47.6 Å². The summed E-state index contributed by atoms with van der Waals surface area (Å²) in [5.41, 5.74) is 2.28. The lowest BCUT2D eigenvalue weighted by Gasteiger charge is -2.12. The summed E-state index contributed by atoms with van der Waals surface area (Å²) in [5.74, 6) is 0. The molecule has 2 aromatic rings. The van der Waals surface area contributed by atoms with Crippen LogP contribution >= 0.6 is 11.3 Å². The molecule has 0 aromatic carbocycles. The number of aromatic nitrogens is 1. The number of nitrogens with one attached hydrogen (secondary N) is 2. The first-order chi connectivity index (χ1) is 15.0. The molecule has 0 radical (unpaired) electrons. The van der Waals surface area contributed by atoms with Crippen LogP contribution in [0.1, 0.15) is 25.6 Å². The number of nitrogens with zero attached hydrogens (tertiary/aromatic N) is 4. The molecule has 0 aliphatic carbocycles. The van der Waals surface area contributed by atoms with E-state index in [1.165, 1.54) is 16.0 Å². The van der Waals surface area contributed by atoms with Gasteiger partial charge in [0.25, 0.3) is 0 Å². The topological polar surface area (TPSA) is 82.0 Å². The Hall–Kier alpha value is -3.00. The molecule has 0 amide bonds. The summed E-state index contributed by atoms with van der Waals surface area (Å²) in [6, 6.07) is 4.25. The van der Waals surface area contributed by atoms with Crippen LogP contribution in [0.3, 0.4) is 0 Å². The van der Waals surface area contributed by atoms with Gasteiger partial charge in [0.2, 0.25) is 0 Å². The molecule has 0 bridgehead atoms. The highest BCUT2D eigenvalue weighted by atomic mass is 32.1. The number of fused-ring (bicyclic) bond motifs is 1. The van der Waals surface area contributed by atoms with E-state index in [-0.39, 0.29) is 0 Å². The number of aryl methyl sites for hydroxylation is 1. The Bertz CT molecular complexity index is 811. The second-order valence-electron chi connectivity index (χ2n) is 5.91. The van der Waals surface area contributed by atoms with Crippen LogP contribution in [0.5, 0.6) is 0 Å². The largest absolute Gasteiger partial charge is 0.377 e. The maximum Gasteiger partial charge on any atom is 0.125 e. The lowest BCUT2D eigenvalue weighted by Crippen LogP contribution is -2.10. The van der Waals surface area contributed by atoms with Crippen molar-refractivity contribution in [3.8, 4) is 0 Å². The summed E-state index contributed by atoms with van der Waals surface area (Å²) >= 11 is 1.75. The molecule has 0 unspecified atom stereocenters. The number of thiophene rings is 1. The molecular formula is C23H38N6OS. The van der Waals surface area contributed by atoms with Crippen LogP contribution in [0.15, 0.2) is 52.7 Å². The number of aliphatic imine (C=N–C) groups is 2. The molecule has 2 aromatic heterocycles. The molecule has 0 fully saturated rings. The molecular weight excluding hydrogens is 408 g/mol. The van der Waals surface area contributed by atoms with Crippen molar-refractivity contribution in [2.75, 3.05) is 39.1 Å². The molecule has 0 spiro atoms. The molecule has 2 heterocycles. The van der Waals surface area contributed by atoms with Crippen molar-refractivity contribution in [1.82, 2.24) is 15.6 Å². The molecule has 8 heteroatoms. The predicted molar refractivity (Wildman–Crippen MR) is 140 cm³/mol. The lowest BCUT2D eigenvalue weighted by molar-refractivity contribution is -0.0979. The van der Waals surface area contributed by atoms with Gasteiger partial charge in [-0.2, -0.15) is 0 Å². The van der Waals surface area contributed by atoms with Crippen LogP contribution in [0.2, 0.25) is 0 Å².